The fraction of sp³-hybridized carbons (Fsp3) is 0.421. The number of nitrogens with one attached hydrogen (secondary N) is 1. The first kappa shape index (κ1) is 54.2. The van der Waals surface area contributed by atoms with Crippen molar-refractivity contribution in [3.63, 3.8) is 0 Å². The standard InChI is InChI=1S/C22H31Cl3N4O5Si.C9H7Cl2NO3.C7H10ClN3O/c1-31-8-7-28(18-12-17(23)26-13-27-18)22(30)29(14-34-9-10-35(4,5)6)21-19(24)15(32-2)11-16(33-3)20(21)25;1-14-5-3-6(15-2)8(11)9(7(5)10)12-4-13;1-12-3-2-9-7-4-6(8)10-5-11-7/h11-13H,7-10,14H2,1-6H3;3H,1-2H3;4-5H,2-3H2,1H3,(H,9,10,11). The number of methoxy groups -OCH3 is 6. The lowest BCUT2D eigenvalue weighted by Gasteiger charge is -2.31. The molecule has 0 saturated heterocycles. The molecule has 0 spiro atoms. The van der Waals surface area contributed by atoms with Crippen molar-refractivity contribution in [2.45, 2.75) is 25.7 Å². The molecule has 0 aliphatic rings. The van der Waals surface area contributed by atoms with Crippen molar-refractivity contribution in [3.05, 3.63) is 67.3 Å². The number of hydrogen-bond acceptors (Lipinski definition) is 15. The predicted molar refractivity (Wildman–Crippen MR) is 247 cm³/mol. The quantitative estimate of drug-likeness (QED) is 0.0234. The Morgan fingerprint density at radius 3 is 1.68 bits per heavy atom. The summed E-state index contributed by atoms with van der Waals surface area (Å²) in [5, 5.41) is 4.20. The number of urea groups is 1. The Morgan fingerprint density at radius 1 is 0.694 bits per heavy atom. The number of amides is 2. The van der Waals surface area contributed by atoms with Crippen molar-refractivity contribution in [1.29, 1.82) is 0 Å². The minimum atomic E-state index is -1.36. The highest BCUT2D eigenvalue weighted by Crippen LogP contribution is 2.47. The third-order valence-corrected chi connectivity index (χ3v) is 11.4. The molecule has 0 atom stereocenters. The van der Waals surface area contributed by atoms with E-state index in [1.807, 2.05) is 0 Å². The first-order valence-corrected chi connectivity index (χ1v) is 24.1. The molecule has 0 bridgehead atoms. The van der Waals surface area contributed by atoms with E-state index in [0.29, 0.717) is 42.2 Å². The molecule has 0 saturated carbocycles. The molecule has 0 unspecified atom stereocenters. The Kier molecular flexibility index (Phi) is 24.5. The lowest BCUT2D eigenvalue weighted by Crippen LogP contribution is -2.46. The first-order valence-electron chi connectivity index (χ1n) is 18.1. The minimum absolute atomic E-state index is 0.0875. The van der Waals surface area contributed by atoms with E-state index < -0.39 is 14.1 Å². The summed E-state index contributed by atoms with van der Waals surface area (Å²) in [5.41, 5.74) is 0.273. The van der Waals surface area contributed by atoms with Gasteiger partial charge in [-0.25, -0.2) is 29.5 Å². The van der Waals surface area contributed by atoms with Crippen LogP contribution in [0.3, 0.4) is 0 Å². The van der Waals surface area contributed by atoms with Crippen LogP contribution in [0.25, 0.3) is 0 Å². The molecule has 17 nitrogen and oxygen atoms in total. The predicted octanol–water partition coefficient (Wildman–Crippen LogP) is 10.0. The summed E-state index contributed by atoms with van der Waals surface area (Å²) in [6, 6.07) is 6.60. The van der Waals surface area contributed by atoms with Gasteiger partial charge in [0.05, 0.1) is 53.9 Å². The summed E-state index contributed by atoms with van der Waals surface area (Å²) in [6.45, 7) is 8.83. The maximum atomic E-state index is 14.0. The average molecular weight is 1000 g/mol. The number of carbonyl (C=O) groups excluding carboxylic acids is 2. The molecule has 62 heavy (non-hydrogen) atoms. The van der Waals surface area contributed by atoms with Crippen molar-refractivity contribution in [3.8, 4) is 23.0 Å². The Hall–Kier alpha value is -3.91. The van der Waals surface area contributed by atoms with Gasteiger partial charge in [-0.2, -0.15) is 4.99 Å². The van der Waals surface area contributed by atoms with Crippen LogP contribution in [0.15, 0.2) is 41.9 Å². The normalized spacial score (nSPS) is 10.6. The van der Waals surface area contributed by atoms with Crippen molar-refractivity contribution >= 4 is 113 Å². The fourth-order valence-corrected chi connectivity index (χ4v) is 7.03. The molecule has 0 aliphatic carbocycles. The van der Waals surface area contributed by atoms with Gasteiger partial charge in [0.1, 0.15) is 90.1 Å². The number of nitrogens with zero attached hydrogens (tertiary/aromatic N) is 7. The number of anilines is 3. The van der Waals surface area contributed by atoms with E-state index in [2.05, 4.69) is 49.9 Å². The summed E-state index contributed by atoms with van der Waals surface area (Å²) >= 11 is 36.8. The molecule has 24 heteroatoms. The van der Waals surface area contributed by atoms with E-state index in [1.54, 1.807) is 19.2 Å². The van der Waals surface area contributed by atoms with Crippen LogP contribution in [0.4, 0.5) is 27.8 Å². The molecule has 1 N–H and O–H groups in total. The zero-order chi connectivity index (χ0) is 46.4. The molecule has 2 amide bonds. The molecule has 2 aromatic carbocycles. The molecule has 0 aliphatic heterocycles. The van der Waals surface area contributed by atoms with Gasteiger partial charge in [-0.1, -0.05) is 89.2 Å². The lowest BCUT2D eigenvalue weighted by molar-refractivity contribution is 0.147. The van der Waals surface area contributed by atoms with Crippen molar-refractivity contribution in [2.75, 3.05) is 97.4 Å². The number of rotatable bonds is 19. The van der Waals surface area contributed by atoms with E-state index in [-0.39, 0.29) is 73.8 Å². The van der Waals surface area contributed by atoms with E-state index in [1.165, 1.54) is 76.2 Å². The number of benzene rings is 2. The minimum Gasteiger partial charge on any atom is -0.495 e. The van der Waals surface area contributed by atoms with Crippen LogP contribution in [-0.4, -0.2) is 122 Å². The smallest absolute Gasteiger partial charge is 0.332 e. The van der Waals surface area contributed by atoms with Gasteiger partial charge >= 0.3 is 6.03 Å². The van der Waals surface area contributed by atoms with Crippen LogP contribution < -0.4 is 34.1 Å². The zero-order valence-corrected chi connectivity index (χ0v) is 41.0. The van der Waals surface area contributed by atoms with Crippen molar-refractivity contribution in [1.82, 2.24) is 19.9 Å². The fourth-order valence-electron chi connectivity index (χ4n) is 4.70. The van der Waals surface area contributed by atoms with Crippen LogP contribution >= 0.6 is 69.6 Å². The van der Waals surface area contributed by atoms with Gasteiger partial charge in [-0.05, 0) is 6.04 Å². The highest BCUT2D eigenvalue weighted by Gasteiger charge is 2.31. The Bertz CT molecular complexity index is 2050. The monoisotopic (exact) mass is 998 g/mol. The maximum Gasteiger partial charge on any atom is 0.332 e. The summed E-state index contributed by atoms with van der Waals surface area (Å²) in [7, 11) is 7.61. The van der Waals surface area contributed by atoms with Gasteiger partial charge in [0.25, 0.3) is 0 Å². The number of aromatic nitrogens is 4. The Morgan fingerprint density at radius 2 is 1.21 bits per heavy atom. The van der Waals surface area contributed by atoms with E-state index >= 15 is 0 Å². The van der Waals surface area contributed by atoms with Crippen LogP contribution in [0.5, 0.6) is 23.0 Å². The molecule has 0 fully saturated rings. The third kappa shape index (κ3) is 17.0. The molecular weight excluding hydrogens is 953 g/mol. The number of ether oxygens (including phenoxy) is 7. The number of isocyanates is 1. The molecule has 340 valence electrons. The second kappa shape index (κ2) is 28.0. The van der Waals surface area contributed by atoms with Gasteiger partial charge in [-0.15, -0.1) is 0 Å². The Balaban J connectivity index is 0.000000397. The molecule has 4 rings (SSSR count). The highest BCUT2D eigenvalue weighted by molar-refractivity contribution is 6.76. The van der Waals surface area contributed by atoms with Gasteiger partial charge in [-0.3, -0.25) is 9.80 Å². The van der Waals surface area contributed by atoms with Crippen LogP contribution in [0.1, 0.15) is 0 Å². The molecule has 0 radical (unpaired) electrons. The number of aliphatic imine (C=N–C) groups is 1. The van der Waals surface area contributed by atoms with Crippen LogP contribution in [0, 0.1) is 0 Å². The van der Waals surface area contributed by atoms with Crippen LogP contribution in [-0.2, 0) is 19.0 Å². The van der Waals surface area contributed by atoms with Crippen molar-refractivity contribution in [2.24, 2.45) is 4.99 Å². The van der Waals surface area contributed by atoms with Gasteiger partial charge < -0.3 is 38.5 Å². The van der Waals surface area contributed by atoms with E-state index in [4.69, 9.17) is 103 Å². The lowest BCUT2D eigenvalue weighted by atomic mass is 10.2. The van der Waals surface area contributed by atoms with Crippen LogP contribution in [0.2, 0.25) is 56.1 Å². The number of carbonyl (C=O) groups is 1. The van der Waals surface area contributed by atoms with Crippen molar-refractivity contribution < 1.29 is 42.7 Å². The molecule has 2 aromatic heterocycles. The van der Waals surface area contributed by atoms with Gasteiger partial charge in [0.2, 0.25) is 6.08 Å². The summed E-state index contributed by atoms with van der Waals surface area (Å²) < 4.78 is 36.7. The molecule has 4 aromatic rings. The highest BCUT2D eigenvalue weighted by atomic mass is 35.5. The second-order valence-corrected chi connectivity index (χ2v) is 21.2. The van der Waals surface area contributed by atoms with Gasteiger partial charge in [0, 0.05) is 59.7 Å². The van der Waals surface area contributed by atoms with Gasteiger partial charge in [0.15, 0.2) is 0 Å². The second-order valence-electron chi connectivity index (χ2n) is 13.3. The van der Waals surface area contributed by atoms with E-state index in [0.717, 1.165) is 6.04 Å². The zero-order valence-electron chi connectivity index (χ0n) is 35.5. The largest absolute Gasteiger partial charge is 0.495 e. The summed E-state index contributed by atoms with van der Waals surface area (Å²) in [6.07, 6.45) is 4.05. The maximum absolute atomic E-state index is 14.0. The Labute approximate surface area is 391 Å². The number of halogens is 6. The SMILES string of the molecule is COCCN(C(=O)N(COCC[Si](C)(C)C)c1c(Cl)c(OC)cc(OC)c1Cl)c1cc(Cl)ncn1.COCCNc1cc(Cl)ncn1.COc1cc(OC)c(Cl)c(N=C=O)c1Cl. The first-order chi connectivity index (χ1) is 29.5. The summed E-state index contributed by atoms with van der Waals surface area (Å²) in [4.78, 5) is 46.1. The summed E-state index contributed by atoms with van der Waals surface area (Å²) in [5.74, 6) is 2.22. The van der Waals surface area contributed by atoms with E-state index in [9.17, 15) is 9.59 Å². The third-order valence-electron chi connectivity index (χ3n) is 7.87. The molecule has 2 heterocycles. The number of hydrogen-bond donors (Lipinski definition) is 1. The molecular formula is C38H48Cl6N8O9Si. The average Bonchev–Trinajstić information content (AvgIpc) is 3.24. The topological polar surface area (TPSA) is 181 Å².